The van der Waals surface area contributed by atoms with Gasteiger partial charge in [0.05, 0.1) is 11.1 Å². The van der Waals surface area contributed by atoms with Gasteiger partial charge in [0.2, 0.25) is 5.78 Å². The molecule has 0 radical (unpaired) electrons. The van der Waals surface area contributed by atoms with Crippen molar-refractivity contribution < 1.29 is 28.6 Å². The molecule has 6 nitrogen and oxygen atoms in total. The molecule has 128 valence electrons. The van der Waals surface area contributed by atoms with Crippen LogP contribution in [0.2, 0.25) is 0 Å². The third-order valence-corrected chi connectivity index (χ3v) is 3.64. The van der Waals surface area contributed by atoms with E-state index in [9.17, 15) is 14.4 Å². The lowest BCUT2D eigenvalue weighted by molar-refractivity contribution is -0.147. The molecule has 0 amide bonds. The van der Waals surface area contributed by atoms with Crippen LogP contribution in [-0.2, 0) is 19.0 Å². The highest BCUT2D eigenvalue weighted by molar-refractivity contribution is 5.93. The van der Waals surface area contributed by atoms with Crippen LogP contribution in [0.15, 0.2) is 60.7 Å². The first-order chi connectivity index (χ1) is 12.1. The first-order valence-corrected chi connectivity index (χ1v) is 7.80. The van der Waals surface area contributed by atoms with E-state index in [0.717, 1.165) is 0 Å². The lowest BCUT2D eigenvalue weighted by atomic mass is 10.2. The van der Waals surface area contributed by atoms with Gasteiger partial charge in [0.1, 0.15) is 12.7 Å². The average molecular weight is 340 g/mol. The van der Waals surface area contributed by atoms with Gasteiger partial charge >= 0.3 is 11.9 Å². The van der Waals surface area contributed by atoms with Gasteiger partial charge in [-0.2, -0.15) is 0 Å². The van der Waals surface area contributed by atoms with Crippen LogP contribution < -0.4 is 0 Å². The third-order valence-electron chi connectivity index (χ3n) is 3.64. The zero-order valence-electron chi connectivity index (χ0n) is 13.3. The Morgan fingerprint density at radius 1 is 0.920 bits per heavy atom. The van der Waals surface area contributed by atoms with E-state index in [1.54, 1.807) is 60.7 Å². The van der Waals surface area contributed by atoms with E-state index in [2.05, 4.69) is 0 Å². The predicted molar refractivity (Wildman–Crippen MR) is 86.9 cm³/mol. The molecule has 0 N–H and O–H groups in total. The molecule has 25 heavy (non-hydrogen) atoms. The fraction of sp³-hybridized carbons (Fsp3) is 0.211. The Balaban J connectivity index is 1.51. The molecular formula is C19H16O6. The Kier molecular flexibility index (Phi) is 5.20. The van der Waals surface area contributed by atoms with Crippen LogP contribution in [-0.4, -0.2) is 36.7 Å². The van der Waals surface area contributed by atoms with Gasteiger partial charge < -0.3 is 14.2 Å². The van der Waals surface area contributed by atoms with Crippen LogP contribution in [0.3, 0.4) is 0 Å². The maximum atomic E-state index is 12.0. The smallest absolute Gasteiger partial charge is 0.340 e. The number of hydrogen-bond acceptors (Lipinski definition) is 6. The largest absolute Gasteiger partial charge is 0.459 e. The van der Waals surface area contributed by atoms with E-state index in [1.165, 1.54) is 0 Å². The molecule has 0 saturated carbocycles. The summed E-state index contributed by atoms with van der Waals surface area (Å²) in [6.07, 6.45) is -1.88. The van der Waals surface area contributed by atoms with Crippen molar-refractivity contribution in [2.75, 3.05) is 6.61 Å². The van der Waals surface area contributed by atoms with E-state index in [4.69, 9.17) is 14.2 Å². The Morgan fingerprint density at radius 3 is 2.08 bits per heavy atom. The number of benzene rings is 2. The molecule has 2 aromatic rings. The molecule has 1 fully saturated rings. The van der Waals surface area contributed by atoms with Crippen LogP contribution in [0.25, 0.3) is 0 Å². The minimum atomic E-state index is -1.27. The Labute approximate surface area is 144 Å². The van der Waals surface area contributed by atoms with Gasteiger partial charge in [0.25, 0.3) is 6.29 Å². The second-order valence-electron chi connectivity index (χ2n) is 5.50. The Morgan fingerprint density at radius 2 is 1.48 bits per heavy atom. The van der Waals surface area contributed by atoms with Crippen molar-refractivity contribution in [1.29, 1.82) is 0 Å². The summed E-state index contributed by atoms with van der Waals surface area (Å²) in [6, 6.07) is 16.8. The predicted octanol–water partition coefficient (Wildman–Crippen LogP) is 2.38. The van der Waals surface area contributed by atoms with E-state index in [1.807, 2.05) is 0 Å². The number of ketones is 1. The normalized spacial score (nSPS) is 19.4. The monoisotopic (exact) mass is 340 g/mol. The van der Waals surface area contributed by atoms with Crippen LogP contribution in [0, 0.1) is 0 Å². The van der Waals surface area contributed by atoms with Gasteiger partial charge in [-0.05, 0) is 24.3 Å². The molecule has 1 aliphatic heterocycles. The molecule has 1 saturated heterocycles. The van der Waals surface area contributed by atoms with E-state index in [-0.39, 0.29) is 18.8 Å². The Bertz CT molecular complexity index is 756. The molecule has 0 aromatic heterocycles. The van der Waals surface area contributed by atoms with Crippen molar-refractivity contribution in [3.8, 4) is 0 Å². The molecule has 0 spiro atoms. The quantitative estimate of drug-likeness (QED) is 0.778. The van der Waals surface area contributed by atoms with Gasteiger partial charge in [0, 0.05) is 6.42 Å². The highest BCUT2D eigenvalue weighted by atomic mass is 16.7. The van der Waals surface area contributed by atoms with Crippen LogP contribution in [0.1, 0.15) is 27.1 Å². The number of rotatable bonds is 5. The molecule has 3 rings (SSSR count). The van der Waals surface area contributed by atoms with Gasteiger partial charge in [-0.15, -0.1) is 0 Å². The van der Waals surface area contributed by atoms with Crippen molar-refractivity contribution in [1.82, 2.24) is 0 Å². The summed E-state index contributed by atoms with van der Waals surface area (Å²) < 4.78 is 15.6. The van der Waals surface area contributed by atoms with E-state index < -0.39 is 24.3 Å². The number of ether oxygens (including phenoxy) is 3. The fourth-order valence-electron chi connectivity index (χ4n) is 2.38. The van der Waals surface area contributed by atoms with E-state index in [0.29, 0.717) is 11.1 Å². The average Bonchev–Trinajstić information content (AvgIpc) is 3.00. The lowest BCUT2D eigenvalue weighted by Gasteiger charge is -2.13. The number of carbonyl (C=O) groups is 3. The summed E-state index contributed by atoms with van der Waals surface area (Å²) >= 11 is 0. The number of carbonyl (C=O) groups excluding carboxylic acids is 3. The molecule has 0 aliphatic carbocycles. The first kappa shape index (κ1) is 16.9. The van der Waals surface area contributed by atoms with Gasteiger partial charge in [-0.25, -0.2) is 9.59 Å². The summed E-state index contributed by atoms with van der Waals surface area (Å²) in [5, 5.41) is 0. The van der Waals surface area contributed by atoms with Crippen LogP contribution in [0.5, 0.6) is 0 Å². The van der Waals surface area contributed by atoms with Crippen molar-refractivity contribution in [2.45, 2.75) is 18.8 Å². The van der Waals surface area contributed by atoms with Crippen LogP contribution in [0.4, 0.5) is 0 Å². The second kappa shape index (κ2) is 7.72. The highest BCUT2D eigenvalue weighted by Crippen LogP contribution is 2.19. The molecule has 6 heteroatoms. The lowest BCUT2D eigenvalue weighted by Crippen LogP contribution is -2.25. The topological polar surface area (TPSA) is 78.9 Å². The summed E-state index contributed by atoms with van der Waals surface area (Å²) in [5.41, 5.74) is 0.747. The van der Waals surface area contributed by atoms with Crippen molar-refractivity contribution in [2.24, 2.45) is 0 Å². The summed E-state index contributed by atoms with van der Waals surface area (Å²) in [7, 11) is 0. The van der Waals surface area contributed by atoms with Gasteiger partial charge in [0.15, 0.2) is 0 Å². The number of hydrogen-bond donors (Lipinski definition) is 0. The molecular weight excluding hydrogens is 324 g/mol. The van der Waals surface area contributed by atoms with Crippen molar-refractivity contribution >= 4 is 17.7 Å². The molecule has 0 unspecified atom stereocenters. The zero-order valence-corrected chi connectivity index (χ0v) is 13.3. The molecule has 2 aromatic carbocycles. The summed E-state index contributed by atoms with van der Waals surface area (Å²) in [4.78, 5) is 35.8. The van der Waals surface area contributed by atoms with Crippen molar-refractivity contribution in [3.05, 3.63) is 71.8 Å². The number of Topliss-reactive ketones (excluding diaryl/α,β-unsaturated/α-hetero) is 1. The summed E-state index contributed by atoms with van der Waals surface area (Å²) in [5.74, 6) is -1.49. The maximum Gasteiger partial charge on any atom is 0.340 e. The standard InChI is InChI=1S/C19H16O6/c20-16-11-15(12-23-17(21)13-7-3-1-4-8-13)24-19(16)25-18(22)14-9-5-2-6-10-14/h1-10,15,19H,11-12H2/t15-,19+/m0/s1. The second-order valence-corrected chi connectivity index (χ2v) is 5.50. The Hall–Kier alpha value is -2.99. The maximum absolute atomic E-state index is 12.0. The van der Waals surface area contributed by atoms with Gasteiger partial charge in [-0.3, -0.25) is 4.79 Å². The van der Waals surface area contributed by atoms with Gasteiger partial charge in [-0.1, -0.05) is 36.4 Å². The minimum absolute atomic E-state index is 0.0226. The zero-order chi connectivity index (χ0) is 17.6. The number of esters is 2. The first-order valence-electron chi connectivity index (χ1n) is 7.80. The molecule has 0 bridgehead atoms. The van der Waals surface area contributed by atoms with E-state index >= 15 is 0 Å². The minimum Gasteiger partial charge on any atom is -0.459 e. The fourth-order valence-corrected chi connectivity index (χ4v) is 2.38. The van der Waals surface area contributed by atoms with Crippen LogP contribution >= 0.6 is 0 Å². The SMILES string of the molecule is O=C(OC[C@@H]1CC(=O)[C@@H](OC(=O)c2ccccc2)O1)c1ccccc1. The molecule has 1 heterocycles. The summed E-state index contributed by atoms with van der Waals surface area (Å²) in [6.45, 7) is -0.0845. The highest BCUT2D eigenvalue weighted by Gasteiger charge is 2.37. The van der Waals surface area contributed by atoms with Crippen molar-refractivity contribution in [3.63, 3.8) is 0 Å². The molecule has 2 atom stereocenters. The molecule has 1 aliphatic rings. The third kappa shape index (κ3) is 4.30.